The van der Waals surface area contributed by atoms with Gasteiger partial charge in [-0.15, -0.1) is 0 Å². The van der Waals surface area contributed by atoms with Gasteiger partial charge in [-0.05, 0) is 46.1 Å². The van der Waals surface area contributed by atoms with E-state index >= 15 is 0 Å². The second-order valence-corrected chi connectivity index (χ2v) is 6.14. The highest BCUT2D eigenvalue weighted by Gasteiger charge is 2.16. The van der Waals surface area contributed by atoms with Gasteiger partial charge in [0, 0.05) is 36.9 Å². The number of aromatic nitrogens is 1. The van der Waals surface area contributed by atoms with E-state index in [9.17, 15) is 0 Å². The van der Waals surface area contributed by atoms with Crippen molar-refractivity contribution in [1.82, 2.24) is 10.3 Å². The first-order valence-electron chi connectivity index (χ1n) is 7.00. The lowest BCUT2D eigenvalue weighted by Gasteiger charge is -2.30. The Balaban J connectivity index is 2.09. The Morgan fingerprint density at radius 2 is 1.94 bits per heavy atom. The molecular weight excluding hydrogens is 222 g/mol. The molecule has 0 saturated carbocycles. The van der Waals surface area contributed by atoms with Gasteiger partial charge >= 0.3 is 0 Å². The fraction of sp³-hybridized carbons (Fsp3) is 0.667. The highest BCUT2D eigenvalue weighted by molar-refractivity contribution is 5.47. The SMILES string of the molecule is CC(C)(C)NCc1cccnc1N1CCCCC1. The van der Waals surface area contributed by atoms with Gasteiger partial charge in [0.05, 0.1) is 0 Å². The third kappa shape index (κ3) is 3.70. The second kappa shape index (κ2) is 5.70. The van der Waals surface area contributed by atoms with E-state index in [0.717, 1.165) is 19.6 Å². The van der Waals surface area contributed by atoms with Gasteiger partial charge in [-0.2, -0.15) is 0 Å². The molecule has 1 aromatic heterocycles. The highest BCUT2D eigenvalue weighted by Crippen LogP contribution is 2.21. The van der Waals surface area contributed by atoms with Crippen molar-refractivity contribution < 1.29 is 0 Å². The lowest BCUT2D eigenvalue weighted by atomic mass is 10.1. The summed E-state index contributed by atoms with van der Waals surface area (Å²) in [7, 11) is 0. The predicted octanol–water partition coefficient (Wildman–Crippen LogP) is 2.96. The lowest BCUT2D eigenvalue weighted by molar-refractivity contribution is 0.423. The monoisotopic (exact) mass is 247 g/mol. The molecule has 0 spiro atoms. The molecule has 100 valence electrons. The van der Waals surface area contributed by atoms with E-state index in [4.69, 9.17) is 0 Å². The summed E-state index contributed by atoms with van der Waals surface area (Å²) in [6.45, 7) is 9.79. The minimum atomic E-state index is 0.148. The first-order valence-corrected chi connectivity index (χ1v) is 7.00. The summed E-state index contributed by atoms with van der Waals surface area (Å²) in [6.07, 6.45) is 5.86. The molecule has 0 aliphatic carbocycles. The summed E-state index contributed by atoms with van der Waals surface area (Å²) in [5.41, 5.74) is 1.46. The van der Waals surface area contributed by atoms with Gasteiger partial charge in [0.1, 0.15) is 5.82 Å². The van der Waals surface area contributed by atoms with Crippen LogP contribution in [0.25, 0.3) is 0 Å². The molecule has 1 N–H and O–H groups in total. The number of nitrogens with one attached hydrogen (secondary N) is 1. The van der Waals surface area contributed by atoms with Crippen molar-refractivity contribution in [2.75, 3.05) is 18.0 Å². The molecule has 1 aliphatic rings. The molecule has 1 aliphatic heterocycles. The van der Waals surface area contributed by atoms with Crippen LogP contribution in [0, 0.1) is 0 Å². The molecule has 3 heteroatoms. The van der Waals surface area contributed by atoms with Crippen molar-refractivity contribution in [3.63, 3.8) is 0 Å². The summed E-state index contributed by atoms with van der Waals surface area (Å²) in [5.74, 6) is 1.17. The maximum Gasteiger partial charge on any atom is 0.133 e. The summed E-state index contributed by atoms with van der Waals surface area (Å²) in [5, 5.41) is 3.55. The van der Waals surface area contributed by atoms with Crippen molar-refractivity contribution in [3.05, 3.63) is 23.9 Å². The maximum absolute atomic E-state index is 4.59. The van der Waals surface area contributed by atoms with Crippen LogP contribution in [0.1, 0.15) is 45.6 Å². The quantitative estimate of drug-likeness (QED) is 0.890. The second-order valence-electron chi connectivity index (χ2n) is 6.14. The first-order chi connectivity index (χ1) is 8.56. The van der Waals surface area contributed by atoms with Gasteiger partial charge in [0.2, 0.25) is 0 Å². The van der Waals surface area contributed by atoms with Crippen LogP contribution in [0.3, 0.4) is 0 Å². The Labute approximate surface area is 111 Å². The topological polar surface area (TPSA) is 28.2 Å². The maximum atomic E-state index is 4.59. The Morgan fingerprint density at radius 1 is 1.22 bits per heavy atom. The molecular formula is C15H25N3. The van der Waals surface area contributed by atoms with E-state index in [2.05, 4.69) is 42.0 Å². The summed E-state index contributed by atoms with van der Waals surface area (Å²) < 4.78 is 0. The molecule has 2 rings (SSSR count). The van der Waals surface area contributed by atoms with Crippen LogP contribution in [0.2, 0.25) is 0 Å². The van der Waals surface area contributed by atoms with Gasteiger partial charge in [0.25, 0.3) is 0 Å². The molecule has 3 nitrogen and oxygen atoms in total. The van der Waals surface area contributed by atoms with Gasteiger partial charge in [-0.25, -0.2) is 4.98 Å². The fourth-order valence-corrected chi connectivity index (χ4v) is 2.32. The molecule has 0 aromatic carbocycles. The Hall–Kier alpha value is -1.09. The summed E-state index contributed by atoms with van der Waals surface area (Å²) in [6, 6.07) is 4.22. The summed E-state index contributed by atoms with van der Waals surface area (Å²) in [4.78, 5) is 7.02. The standard InChI is InChI=1S/C15H25N3/c1-15(2,3)17-12-13-8-7-9-16-14(13)18-10-5-4-6-11-18/h7-9,17H,4-6,10-12H2,1-3H3. The van der Waals surface area contributed by atoms with Crippen LogP contribution in [0.5, 0.6) is 0 Å². The Morgan fingerprint density at radius 3 is 2.61 bits per heavy atom. The van der Waals surface area contributed by atoms with Gasteiger partial charge in [-0.1, -0.05) is 6.07 Å². The van der Waals surface area contributed by atoms with Crippen LogP contribution >= 0.6 is 0 Å². The van der Waals surface area contributed by atoms with Crippen molar-refractivity contribution >= 4 is 5.82 Å². The third-order valence-corrected chi connectivity index (χ3v) is 3.33. The third-order valence-electron chi connectivity index (χ3n) is 3.33. The average Bonchev–Trinajstić information content (AvgIpc) is 2.37. The van der Waals surface area contributed by atoms with E-state index in [0.29, 0.717) is 0 Å². The average molecular weight is 247 g/mol. The van der Waals surface area contributed by atoms with Crippen LogP contribution < -0.4 is 10.2 Å². The van der Waals surface area contributed by atoms with E-state index in [1.165, 1.54) is 30.6 Å². The molecule has 0 unspecified atom stereocenters. The zero-order chi connectivity index (χ0) is 13.0. The van der Waals surface area contributed by atoms with E-state index < -0.39 is 0 Å². The summed E-state index contributed by atoms with van der Waals surface area (Å²) >= 11 is 0. The van der Waals surface area contributed by atoms with Gasteiger partial charge < -0.3 is 10.2 Å². The van der Waals surface area contributed by atoms with Gasteiger partial charge in [-0.3, -0.25) is 0 Å². The minimum absolute atomic E-state index is 0.148. The molecule has 0 atom stereocenters. The van der Waals surface area contributed by atoms with E-state index in [1.807, 2.05) is 12.3 Å². The number of nitrogens with zero attached hydrogens (tertiary/aromatic N) is 2. The van der Waals surface area contributed by atoms with E-state index in [-0.39, 0.29) is 5.54 Å². The number of anilines is 1. The highest BCUT2D eigenvalue weighted by atomic mass is 15.2. The van der Waals surface area contributed by atoms with Gasteiger partial charge in [0.15, 0.2) is 0 Å². The molecule has 2 heterocycles. The van der Waals surface area contributed by atoms with Crippen molar-refractivity contribution in [3.8, 4) is 0 Å². The molecule has 1 aromatic rings. The van der Waals surface area contributed by atoms with Crippen LogP contribution in [0.4, 0.5) is 5.82 Å². The number of pyridine rings is 1. The van der Waals surface area contributed by atoms with Crippen LogP contribution in [-0.4, -0.2) is 23.6 Å². The fourth-order valence-electron chi connectivity index (χ4n) is 2.32. The molecule has 0 bridgehead atoms. The molecule has 18 heavy (non-hydrogen) atoms. The number of rotatable bonds is 3. The lowest BCUT2D eigenvalue weighted by Crippen LogP contribution is -2.36. The number of hydrogen-bond donors (Lipinski definition) is 1. The zero-order valence-corrected chi connectivity index (χ0v) is 11.9. The predicted molar refractivity (Wildman–Crippen MR) is 76.9 cm³/mol. The normalized spacial score (nSPS) is 16.9. The van der Waals surface area contributed by atoms with E-state index in [1.54, 1.807) is 0 Å². The molecule has 1 fully saturated rings. The zero-order valence-electron chi connectivity index (χ0n) is 11.9. The molecule has 1 saturated heterocycles. The van der Waals surface area contributed by atoms with Crippen molar-refractivity contribution in [2.24, 2.45) is 0 Å². The van der Waals surface area contributed by atoms with Crippen molar-refractivity contribution in [2.45, 2.75) is 52.1 Å². The largest absolute Gasteiger partial charge is 0.356 e. The number of piperidine rings is 1. The molecule has 0 radical (unpaired) electrons. The van der Waals surface area contributed by atoms with Crippen molar-refractivity contribution in [1.29, 1.82) is 0 Å². The van der Waals surface area contributed by atoms with Crippen LogP contribution in [-0.2, 0) is 6.54 Å². The van der Waals surface area contributed by atoms with Crippen LogP contribution in [0.15, 0.2) is 18.3 Å². The minimum Gasteiger partial charge on any atom is -0.356 e. The first kappa shape index (κ1) is 13.3. The molecule has 0 amide bonds. The Kier molecular flexibility index (Phi) is 4.23. The number of hydrogen-bond acceptors (Lipinski definition) is 3. The smallest absolute Gasteiger partial charge is 0.133 e. The Bertz CT molecular complexity index is 376.